The lowest BCUT2D eigenvalue weighted by molar-refractivity contribution is -0.133. The number of hydrogen-bond acceptors (Lipinski definition) is 4. The van der Waals surface area contributed by atoms with Crippen molar-refractivity contribution in [3.63, 3.8) is 0 Å². The van der Waals surface area contributed by atoms with Crippen LogP contribution in [0.2, 0.25) is 0 Å². The second-order valence-corrected chi connectivity index (χ2v) is 3.06. The van der Waals surface area contributed by atoms with Gasteiger partial charge >= 0.3 is 0 Å². The van der Waals surface area contributed by atoms with E-state index in [2.05, 4.69) is 5.32 Å². The highest BCUT2D eigenvalue weighted by Crippen LogP contribution is 1.94. The van der Waals surface area contributed by atoms with Gasteiger partial charge < -0.3 is 19.9 Å². The van der Waals surface area contributed by atoms with Gasteiger partial charge in [-0.2, -0.15) is 0 Å². The fourth-order valence-corrected chi connectivity index (χ4v) is 1.05. The molecule has 0 radical (unpaired) electrons. The molecule has 0 amide bonds. The quantitative estimate of drug-likeness (QED) is 0.545. The van der Waals surface area contributed by atoms with Gasteiger partial charge in [0.15, 0.2) is 6.29 Å². The first-order valence-electron chi connectivity index (χ1n) is 5.36. The minimum Gasteiger partial charge on any atom is -0.392 e. The molecule has 0 rings (SSSR count). The van der Waals surface area contributed by atoms with E-state index in [0.29, 0.717) is 26.3 Å². The Bertz CT molecular complexity index is 116. The van der Waals surface area contributed by atoms with Crippen LogP contribution in [0.4, 0.5) is 0 Å². The Labute approximate surface area is 86.6 Å². The molecule has 1 unspecified atom stereocenters. The van der Waals surface area contributed by atoms with Crippen LogP contribution in [0.25, 0.3) is 0 Å². The summed E-state index contributed by atoms with van der Waals surface area (Å²) in [6.45, 7) is 8.33. The lowest BCUT2D eigenvalue weighted by atomic mass is 10.3. The molecule has 0 aromatic heterocycles. The van der Waals surface area contributed by atoms with Crippen LogP contribution in [0.15, 0.2) is 0 Å². The average molecular weight is 205 g/mol. The number of hydrogen-bond donors (Lipinski definition) is 2. The van der Waals surface area contributed by atoms with Gasteiger partial charge in [0.1, 0.15) is 0 Å². The smallest absolute Gasteiger partial charge is 0.169 e. The van der Waals surface area contributed by atoms with Gasteiger partial charge in [-0.15, -0.1) is 0 Å². The Hall–Kier alpha value is -0.160. The zero-order valence-electron chi connectivity index (χ0n) is 9.45. The van der Waals surface area contributed by atoms with Crippen LogP contribution in [-0.2, 0) is 9.47 Å². The Kier molecular flexibility index (Phi) is 9.29. The van der Waals surface area contributed by atoms with Gasteiger partial charge in [0, 0.05) is 26.3 Å². The molecule has 0 saturated heterocycles. The molecule has 0 fully saturated rings. The predicted molar refractivity (Wildman–Crippen MR) is 56.2 cm³/mol. The van der Waals surface area contributed by atoms with Gasteiger partial charge in [-0.1, -0.05) is 6.92 Å². The van der Waals surface area contributed by atoms with E-state index in [1.165, 1.54) is 0 Å². The molecule has 0 spiro atoms. The normalized spacial score (nSPS) is 13.5. The number of aliphatic hydroxyl groups excluding tert-OH is 1. The number of ether oxygens (including phenoxy) is 2. The minimum absolute atomic E-state index is 0.200. The van der Waals surface area contributed by atoms with Crippen molar-refractivity contribution < 1.29 is 14.6 Å². The highest BCUT2D eigenvalue weighted by atomic mass is 16.7. The number of aliphatic hydroxyl groups is 1. The molecule has 0 heterocycles. The summed E-state index contributed by atoms with van der Waals surface area (Å²) in [5.74, 6) is 0. The summed E-state index contributed by atoms with van der Waals surface area (Å²) in [6.07, 6.45) is 0.286. The molecule has 0 aliphatic rings. The van der Waals surface area contributed by atoms with Crippen molar-refractivity contribution in [1.82, 2.24) is 5.32 Å². The van der Waals surface area contributed by atoms with E-state index in [4.69, 9.17) is 9.47 Å². The maximum atomic E-state index is 9.29. The molecule has 0 aliphatic heterocycles. The maximum Gasteiger partial charge on any atom is 0.169 e. The molecule has 0 aliphatic carbocycles. The second kappa shape index (κ2) is 9.40. The fraction of sp³-hybridized carbons (Fsp3) is 1.00. The second-order valence-electron chi connectivity index (χ2n) is 3.06. The van der Waals surface area contributed by atoms with E-state index in [-0.39, 0.29) is 12.4 Å². The molecule has 1 atom stereocenters. The first-order chi connectivity index (χ1) is 6.74. The standard InChI is InChI=1S/C10H23NO3/c1-4-9(12)7-11-8-10(13-5-2)14-6-3/h9-12H,4-8H2,1-3H3. The Balaban J connectivity index is 3.49. The van der Waals surface area contributed by atoms with Crippen molar-refractivity contribution >= 4 is 0 Å². The van der Waals surface area contributed by atoms with Crippen LogP contribution in [0.3, 0.4) is 0 Å². The summed E-state index contributed by atoms with van der Waals surface area (Å²) in [5, 5.41) is 12.4. The van der Waals surface area contributed by atoms with Crippen LogP contribution < -0.4 is 5.32 Å². The molecular weight excluding hydrogens is 182 g/mol. The molecule has 0 aromatic rings. The molecular formula is C10H23NO3. The number of rotatable bonds is 9. The highest BCUT2D eigenvalue weighted by molar-refractivity contribution is 4.58. The predicted octanol–water partition coefficient (Wildman–Crippen LogP) is 0.746. The summed E-state index contributed by atoms with van der Waals surface area (Å²) in [4.78, 5) is 0. The first kappa shape index (κ1) is 13.8. The fourth-order valence-electron chi connectivity index (χ4n) is 1.05. The first-order valence-corrected chi connectivity index (χ1v) is 5.36. The van der Waals surface area contributed by atoms with Crippen molar-refractivity contribution in [1.29, 1.82) is 0 Å². The van der Waals surface area contributed by atoms with Crippen LogP contribution in [-0.4, -0.2) is 43.8 Å². The van der Waals surface area contributed by atoms with Gasteiger partial charge in [0.2, 0.25) is 0 Å². The van der Waals surface area contributed by atoms with Gasteiger partial charge in [-0.05, 0) is 20.3 Å². The molecule has 0 bridgehead atoms. The van der Waals surface area contributed by atoms with Crippen molar-refractivity contribution in [2.24, 2.45) is 0 Å². The monoisotopic (exact) mass is 205 g/mol. The SMILES string of the molecule is CCOC(CNCC(O)CC)OCC. The van der Waals surface area contributed by atoms with E-state index in [1.54, 1.807) is 0 Å². The topological polar surface area (TPSA) is 50.7 Å². The van der Waals surface area contributed by atoms with Gasteiger partial charge in [0.25, 0.3) is 0 Å². The molecule has 2 N–H and O–H groups in total. The lowest BCUT2D eigenvalue weighted by Gasteiger charge is -2.18. The van der Waals surface area contributed by atoms with Crippen molar-refractivity contribution in [3.05, 3.63) is 0 Å². The Morgan fingerprint density at radius 1 is 1.07 bits per heavy atom. The number of nitrogens with one attached hydrogen (secondary N) is 1. The third-order valence-corrected chi connectivity index (χ3v) is 1.87. The van der Waals surface area contributed by atoms with E-state index in [1.807, 2.05) is 20.8 Å². The largest absolute Gasteiger partial charge is 0.392 e. The molecule has 86 valence electrons. The zero-order valence-corrected chi connectivity index (χ0v) is 9.45. The highest BCUT2D eigenvalue weighted by Gasteiger charge is 2.07. The van der Waals surface area contributed by atoms with Gasteiger partial charge in [-0.25, -0.2) is 0 Å². The van der Waals surface area contributed by atoms with Crippen LogP contribution in [0, 0.1) is 0 Å². The third kappa shape index (κ3) is 7.26. The van der Waals surface area contributed by atoms with Crippen LogP contribution >= 0.6 is 0 Å². The van der Waals surface area contributed by atoms with Gasteiger partial charge in [-0.3, -0.25) is 0 Å². The molecule has 14 heavy (non-hydrogen) atoms. The average Bonchev–Trinajstić information content (AvgIpc) is 2.18. The van der Waals surface area contributed by atoms with E-state index >= 15 is 0 Å². The molecule has 4 heteroatoms. The third-order valence-electron chi connectivity index (χ3n) is 1.87. The molecule has 0 saturated carbocycles. The van der Waals surface area contributed by atoms with Crippen LogP contribution in [0.1, 0.15) is 27.2 Å². The lowest BCUT2D eigenvalue weighted by Crippen LogP contribution is -2.35. The molecule has 0 aromatic carbocycles. The Morgan fingerprint density at radius 2 is 1.64 bits per heavy atom. The zero-order chi connectivity index (χ0) is 10.8. The van der Waals surface area contributed by atoms with E-state index < -0.39 is 0 Å². The molecule has 4 nitrogen and oxygen atoms in total. The minimum atomic E-state index is -0.279. The summed E-state index contributed by atoms with van der Waals surface area (Å²) >= 11 is 0. The van der Waals surface area contributed by atoms with E-state index in [9.17, 15) is 5.11 Å². The van der Waals surface area contributed by atoms with E-state index in [0.717, 1.165) is 6.42 Å². The summed E-state index contributed by atoms with van der Waals surface area (Å²) < 4.78 is 10.7. The van der Waals surface area contributed by atoms with Crippen LogP contribution in [0.5, 0.6) is 0 Å². The van der Waals surface area contributed by atoms with Crippen molar-refractivity contribution in [2.45, 2.75) is 39.6 Å². The van der Waals surface area contributed by atoms with Crippen molar-refractivity contribution in [3.8, 4) is 0 Å². The summed E-state index contributed by atoms with van der Waals surface area (Å²) in [5.41, 5.74) is 0. The Morgan fingerprint density at radius 3 is 2.07 bits per heavy atom. The summed E-state index contributed by atoms with van der Waals surface area (Å²) in [7, 11) is 0. The maximum absolute atomic E-state index is 9.29. The van der Waals surface area contributed by atoms with Crippen molar-refractivity contribution in [2.75, 3.05) is 26.3 Å². The van der Waals surface area contributed by atoms with Gasteiger partial charge in [0.05, 0.1) is 6.10 Å². The summed E-state index contributed by atoms with van der Waals surface area (Å²) in [6, 6.07) is 0.